The fourth-order valence-electron chi connectivity index (χ4n) is 1.90. The Morgan fingerprint density at radius 1 is 1.31 bits per heavy atom. The average molecular weight is 226 g/mol. The molecule has 1 N–H and O–H groups in total. The van der Waals surface area contributed by atoms with Gasteiger partial charge in [-0.15, -0.1) is 0 Å². The molecule has 0 aromatic heterocycles. The molecule has 1 saturated carbocycles. The first-order valence-electron chi connectivity index (χ1n) is 6.72. The molecule has 1 amide bonds. The number of nitrogens with one attached hydrogen (secondary N) is 1. The molecule has 0 unspecified atom stereocenters. The normalized spacial score (nSPS) is 15.5. The second kappa shape index (κ2) is 6.89. The Hall–Kier alpha value is -0.570. The lowest BCUT2D eigenvalue weighted by molar-refractivity contribution is -0.130. The summed E-state index contributed by atoms with van der Waals surface area (Å²) in [5, 5.41) is 3.29. The zero-order valence-electron chi connectivity index (χ0n) is 11.0. The SMILES string of the molecule is CCC(CC)CN(CC)C(=O)CNC1CC1. The van der Waals surface area contributed by atoms with Gasteiger partial charge in [-0.1, -0.05) is 26.7 Å². The summed E-state index contributed by atoms with van der Waals surface area (Å²) in [6.45, 7) is 8.76. The van der Waals surface area contributed by atoms with E-state index in [1.807, 2.05) is 4.90 Å². The van der Waals surface area contributed by atoms with E-state index in [0.29, 0.717) is 18.5 Å². The van der Waals surface area contributed by atoms with Crippen molar-refractivity contribution >= 4 is 5.91 Å². The van der Waals surface area contributed by atoms with Crippen molar-refractivity contribution in [3.8, 4) is 0 Å². The van der Waals surface area contributed by atoms with Crippen molar-refractivity contribution in [1.29, 1.82) is 0 Å². The summed E-state index contributed by atoms with van der Waals surface area (Å²) in [6.07, 6.45) is 4.81. The zero-order valence-corrected chi connectivity index (χ0v) is 11.0. The Kier molecular flexibility index (Phi) is 5.81. The van der Waals surface area contributed by atoms with Crippen molar-refractivity contribution in [2.75, 3.05) is 19.6 Å². The van der Waals surface area contributed by atoms with Crippen LogP contribution in [0, 0.1) is 5.92 Å². The molecule has 0 aromatic rings. The molecule has 0 radical (unpaired) electrons. The summed E-state index contributed by atoms with van der Waals surface area (Å²) < 4.78 is 0. The second-order valence-corrected chi connectivity index (χ2v) is 4.77. The van der Waals surface area contributed by atoms with E-state index < -0.39 is 0 Å². The largest absolute Gasteiger partial charge is 0.342 e. The molecule has 0 aromatic carbocycles. The third-order valence-corrected chi connectivity index (χ3v) is 3.49. The van der Waals surface area contributed by atoms with E-state index in [9.17, 15) is 4.79 Å². The Balaban J connectivity index is 2.29. The van der Waals surface area contributed by atoms with Gasteiger partial charge in [-0.2, -0.15) is 0 Å². The van der Waals surface area contributed by atoms with Crippen molar-refractivity contribution in [2.45, 2.75) is 52.5 Å². The third-order valence-electron chi connectivity index (χ3n) is 3.49. The minimum atomic E-state index is 0.265. The number of likely N-dealkylation sites (N-methyl/N-ethyl adjacent to an activating group) is 1. The van der Waals surface area contributed by atoms with E-state index in [0.717, 1.165) is 25.9 Å². The summed E-state index contributed by atoms with van der Waals surface area (Å²) in [5.74, 6) is 0.922. The van der Waals surface area contributed by atoms with Gasteiger partial charge in [0, 0.05) is 19.1 Å². The molecular weight excluding hydrogens is 200 g/mol. The minimum Gasteiger partial charge on any atom is -0.342 e. The highest BCUT2D eigenvalue weighted by Crippen LogP contribution is 2.18. The number of hydrogen-bond acceptors (Lipinski definition) is 2. The Labute approximate surface area is 99.6 Å². The Morgan fingerprint density at radius 2 is 1.94 bits per heavy atom. The standard InChI is InChI=1S/C13H26N2O/c1-4-11(5-2)10-15(6-3)13(16)9-14-12-7-8-12/h11-12,14H,4-10H2,1-3H3. The van der Waals surface area contributed by atoms with Crippen LogP contribution >= 0.6 is 0 Å². The topological polar surface area (TPSA) is 32.3 Å². The summed E-state index contributed by atoms with van der Waals surface area (Å²) in [4.78, 5) is 13.9. The van der Waals surface area contributed by atoms with Crippen molar-refractivity contribution < 1.29 is 4.79 Å². The molecule has 1 aliphatic carbocycles. The predicted octanol–water partition coefficient (Wildman–Crippen LogP) is 2.02. The molecule has 0 aliphatic heterocycles. The van der Waals surface area contributed by atoms with Gasteiger partial charge in [0.25, 0.3) is 0 Å². The van der Waals surface area contributed by atoms with Crippen LogP contribution in [0.3, 0.4) is 0 Å². The first kappa shape index (κ1) is 13.5. The molecule has 0 atom stereocenters. The minimum absolute atomic E-state index is 0.265. The van der Waals surface area contributed by atoms with Crippen LogP contribution < -0.4 is 5.32 Å². The van der Waals surface area contributed by atoms with Gasteiger partial charge >= 0.3 is 0 Å². The maximum absolute atomic E-state index is 11.9. The number of hydrogen-bond donors (Lipinski definition) is 1. The number of nitrogens with zero attached hydrogens (tertiary/aromatic N) is 1. The van der Waals surface area contributed by atoms with Gasteiger partial charge in [0.1, 0.15) is 0 Å². The van der Waals surface area contributed by atoms with Gasteiger partial charge in [-0.25, -0.2) is 0 Å². The van der Waals surface area contributed by atoms with Crippen LogP contribution in [0.25, 0.3) is 0 Å². The summed E-state index contributed by atoms with van der Waals surface area (Å²) in [5.41, 5.74) is 0. The van der Waals surface area contributed by atoms with E-state index in [4.69, 9.17) is 0 Å². The predicted molar refractivity (Wildman–Crippen MR) is 67.4 cm³/mol. The molecule has 1 fully saturated rings. The Bertz CT molecular complexity index is 210. The molecule has 3 heteroatoms. The van der Waals surface area contributed by atoms with Gasteiger partial charge < -0.3 is 10.2 Å². The highest BCUT2D eigenvalue weighted by Gasteiger charge is 2.23. The maximum Gasteiger partial charge on any atom is 0.236 e. The first-order valence-corrected chi connectivity index (χ1v) is 6.72. The quantitative estimate of drug-likeness (QED) is 0.687. The van der Waals surface area contributed by atoms with E-state index in [2.05, 4.69) is 26.1 Å². The third kappa shape index (κ3) is 4.52. The lowest BCUT2D eigenvalue weighted by Gasteiger charge is -2.25. The van der Waals surface area contributed by atoms with Crippen LogP contribution in [0.1, 0.15) is 46.5 Å². The van der Waals surface area contributed by atoms with Crippen LogP contribution in [0.4, 0.5) is 0 Å². The molecular formula is C13H26N2O. The highest BCUT2D eigenvalue weighted by atomic mass is 16.2. The molecule has 1 rings (SSSR count). The smallest absolute Gasteiger partial charge is 0.236 e. The van der Waals surface area contributed by atoms with E-state index in [1.165, 1.54) is 12.8 Å². The molecule has 3 nitrogen and oxygen atoms in total. The number of carbonyl (C=O) groups excluding carboxylic acids is 1. The number of carbonyl (C=O) groups is 1. The lowest BCUT2D eigenvalue weighted by atomic mass is 10.0. The molecule has 0 heterocycles. The van der Waals surface area contributed by atoms with Crippen molar-refractivity contribution in [3.05, 3.63) is 0 Å². The van der Waals surface area contributed by atoms with Crippen LogP contribution in [-0.4, -0.2) is 36.5 Å². The van der Waals surface area contributed by atoms with E-state index in [-0.39, 0.29) is 5.91 Å². The second-order valence-electron chi connectivity index (χ2n) is 4.77. The monoisotopic (exact) mass is 226 g/mol. The molecule has 0 bridgehead atoms. The Morgan fingerprint density at radius 3 is 2.38 bits per heavy atom. The van der Waals surface area contributed by atoms with Crippen LogP contribution in [0.5, 0.6) is 0 Å². The van der Waals surface area contributed by atoms with Crippen molar-refractivity contribution in [3.63, 3.8) is 0 Å². The van der Waals surface area contributed by atoms with E-state index >= 15 is 0 Å². The van der Waals surface area contributed by atoms with Gasteiger partial charge in [-0.3, -0.25) is 4.79 Å². The van der Waals surface area contributed by atoms with Crippen molar-refractivity contribution in [1.82, 2.24) is 10.2 Å². The van der Waals surface area contributed by atoms with Crippen LogP contribution in [0.15, 0.2) is 0 Å². The highest BCUT2D eigenvalue weighted by molar-refractivity contribution is 5.78. The number of amides is 1. The van der Waals surface area contributed by atoms with Gasteiger partial charge in [0.15, 0.2) is 0 Å². The van der Waals surface area contributed by atoms with Gasteiger partial charge in [0.05, 0.1) is 6.54 Å². The fourth-order valence-corrected chi connectivity index (χ4v) is 1.90. The van der Waals surface area contributed by atoms with E-state index in [1.54, 1.807) is 0 Å². The maximum atomic E-state index is 11.9. The lowest BCUT2D eigenvalue weighted by Crippen LogP contribution is -2.41. The fraction of sp³-hybridized carbons (Fsp3) is 0.923. The molecule has 94 valence electrons. The average Bonchev–Trinajstić information content (AvgIpc) is 3.11. The summed E-state index contributed by atoms with van der Waals surface area (Å²) in [6, 6.07) is 0.621. The molecule has 1 aliphatic rings. The van der Waals surface area contributed by atoms with Crippen molar-refractivity contribution in [2.24, 2.45) is 5.92 Å². The number of rotatable bonds is 8. The van der Waals surface area contributed by atoms with Crippen LogP contribution in [-0.2, 0) is 4.79 Å². The zero-order chi connectivity index (χ0) is 12.0. The summed E-state index contributed by atoms with van der Waals surface area (Å²) >= 11 is 0. The van der Waals surface area contributed by atoms with Crippen LogP contribution in [0.2, 0.25) is 0 Å². The first-order chi connectivity index (χ1) is 7.71. The molecule has 0 saturated heterocycles. The molecule has 0 spiro atoms. The molecule has 16 heavy (non-hydrogen) atoms. The van der Waals surface area contributed by atoms with Gasteiger partial charge in [-0.05, 0) is 25.7 Å². The van der Waals surface area contributed by atoms with Gasteiger partial charge in [0.2, 0.25) is 5.91 Å². The summed E-state index contributed by atoms with van der Waals surface area (Å²) in [7, 11) is 0.